The monoisotopic (exact) mass is 270 g/mol. The maximum absolute atomic E-state index is 13.3. The van der Waals surface area contributed by atoms with E-state index in [2.05, 4.69) is 0 Å². The molecule has 0 spiro atoms. The second-order valence-corrected chi connectivity index (χ2v) is 7.06. The average Bonchev–Trinajstić information content (AvgIpc) is 2.47. The van der Waals surface area contributed by atoms with Crippen molar-refractivity contribution in [2.24, 2.45) is 0 Å². The highest BCUT2D eigenvalue weighted by Crippen LogP contribution is 2.59. The topological polar surface area (TPSA) is 26.3 Å². The molecule has 1 aliphatic heterocycles. The average molecular weight is 270 g/mol. The fourth-order valence-electron chi connectivity index (χ4n) is 2.35. The predicted octanol–water partition coefficient (Wildman–Crippen LogP) is 4.57. The molecule has 1 unspecified atom stereocenters. The molecule has 1 atom stereocenters. The standard InChI is InChI=1S/C16H15O2P/c1-3-12(2)19(17)16-11-7-5-9-14(16)13-8-4-6-10-15(13)18-19/h3-11H,1-2H3/b12-3+. The second-order valence-electron chi connectivity index (χ2n) is 4.59. The van der Waals surface area contributed by atoms with E-state index >= 15 is 0 Å². The minimum Gasteiger partial charge on any atom is -0.436 e. The van der Waals surface area contributed by atoms with Crippen LogP contribution in [0.15, 0.2) is 59.9 Å². The fourth-order valence-corrected chi connectivity index (χ4v) is 4.54. The number of hydrogen-bond acceptors (Lipinski definition) is 2. The summed E-state index contributed by atoms with van der Waals surface area (Å²) in [5.41, 5.74) is 2.02. The van der Waals surface area contributed by atoms with Crippen molar-refractivity contribution in [3.8, 4) is 16.9 Å². The summed E-state index contributed by atoms with van der Waals surface area (Å²) >= 11 is 0. The van der Waals surface area contributed by atoms with Gasteiger partial charge in [-0.2, -0.15) is 0 Å². The summed E-state index contributed by atoms with van der Waals surface area (Å²) in [5, 5.41) is 1.58. The molecule has 1 heterocycles. The first-order valence-electron chi connectivity index (χ1n) is 6.29. The van der Waals surface area contributed by atoms with E-state index in [0.29, 0.717) is 5.75 Å². The molecule has 1 aliphatic rings. The molecule has 0 saturated heterocycles. The number of hydrogen-bond donors (Lipinski definition) is 0. The Hall–Kier alpha value is -1.79. The lowest BCUT2D eigenvalue weighted by Gasteiger charge is -2.29. The van der Waals surface area contributed by atoms with Crippen LogP contribution in [-0.2, 0) is 4.57 Å². The van der Waals surface area contributed by atoms with E-state index in [1.165, 1.54) is 0 Å². The molecule has 3 heteroatoms. The van der Waals surface area contributed by atoms with Crippen LogP contribution in [0.5, 0.6) is 5.75 Å². The number of allylic oxidation sites excluding steroid dienone is 2. The van der Waals surface area contributed by atoms with Gasteiger partial charge < -0.3 is 4.52 Å². The molecule has 2 nitrogen and oxygen atoms in total. The number of para-hydroxylation sites is 1. The summed E-state index contributed by atoms with van der Waals surface area (Å²) < 4.78 is 19.1. The van der Waals surface area contributed by atoms with Gasteiger partial charge in [-0.15, -0.1) is 0 Å². The summed E-state index contributed by atoms with van der Waals surface area (Å²) in [7, 11) is -2.97. The Bertz CT molecular complexity index is 716. The van der Waals surface area contributed by atoms with Gasteiger partial charge in [-0.3, -0.25) is 4.57 Å². The summed E-state index contributed by atoms with van der Waals surface area (Å²) in [6.07, 6.45) is 1.87. The van der Waals surface area contributed by atoms with Crippen LogP contribution in [0, 0.1) is 0 Å². The molecule has 2 aromatic carbocycles. The molecule has 2 aromatic rings. The van der Waals surface area contributed by atoms with E-state index in [1.54, 1.807) is 0 Å². The molecule has 0 amide bonds. The van der Waals surface area contributed by atoms with Crippen LogP contribution in [0.3, 0.4) is 0 Å². The highest BCUT2D eigenvalue weighted by Gasteiger charge is 2.36. The van der Waals surface area contributed by atoms with Crippen molar-refractivity contribution in [3.63, 3.8) is 0 Å². The zero-order valence-electron chi connectivity index (χ0n) is 11.0. The van der Waals surface area contributed by atoms with Crippen molar-refractivity contribution in [3.05, 3.63) is 59.9 Å². The molecule has 0 N–H and O–H groups in total. The maximum Gasteiger partial charge on any atom is 0.302 e. The van der Waals surface area contributed by atoms with Crippen LogP contribution < -0.4 is 9.83 Å². The van der Waals surface area contributed by atoms with E-state index in [0.717, 1.165) is 21.7 Å². The third-order valence-electron chi connectivity index (χ3n) is 3.51. The Balaban J connectivity index is 2.35. The molecule has 0 fully saturated rings. The Kier molecular flexibility index (Phi) is 2.83. The molecule has 96 valence electrons. The van der Waals surface area contributed by atoms with Crippen molar-refractivity contribution >= 4 is 12.7 Å². The molecule has 3 rings (SSSR count). The summed E-state index contributed by atoms with van der Waals surface area (Å²) in [5.74, 6) is 0.700. The molecule has 0 aliphatic carbocycles. The minimum absolute atomic E-state index is 0.700. The van der Waals surface area contributed by atoms with E-state index in [1.807, 2.05) is 68.5 Å². The van der Waals surface area contributed by atoms with Crippen molar-refractivity contribution in [2.75, 3.05) is 0 Å². The first kappa shape index (κ1) is 12.3. The van der Waals surface area contributed by atoms with Gasteiger partial charge in [0.05, 0.1) is 5.30 Å². The predicted molar refractivity (Wildman–Crippen MR) is 79.2 cm³/mol. The molecule has 0 bridgehead atoms. The molecule has 19 heavy (non-hydrogen) atoms. The van der Waals surface area contributed by atoms with E-state index in [4.69, 9.17) is 4.52 Å². The van der Waals surface area contributed by atoms with Gasteiger partial charge in [0.1, 0.15) is 5.75 Å². The number of benzene rings is 2. The molecular formula is C16H15O2P. The highest BCUT2D eigenvalue weighted by atomic mass is 31.2. The second kappa shape index (κ2) is 4.40. The smallest absolute Gasteiger partial charge is 0.302 e. The largest absolute Gasteiger partial charge is 0.436 e. The zero-order chi connectivity index (χ0) is 13.5. The van der Waals surface area contributed by atoms with Crippen molar-refractivity contribution in [1.29, 1.82) is 0 Å². The van der Waals surface area contributed by atoms with Gasteiger partial charge in [0.15, 0.2) is 0 Å². The summed E-state index contributed by atoms with van der Waals surface area (Å²) in [6, 6.07) is 15.5. The van der Waals surface area contributed by atoms with E-state index in [9.17, 15) is 4.57 Å². The first-order chi connectivity index (χ1) is 9.16. The Morgan fingerprint density at radius 3 is 2.42 bits per heavy atom. The normalized spacial score (nSPS) is 21.3. The van der Waals surface area contributed by atoms with E-state index in [-0.39, 0.29) is 0 Å². The first-order valence-corrected chi connectivity index (χ1v) is 7.91. The summed E-state index contributed by atoms with van der Waals surface area (Å²) in [4.78, 5) is 0. The molecular weight excluding hydrogens is 255 g/mol. The van der Waals surface area contributed by atoms with Crippen LogP contribution in [-0.4, -0.2) is 0 Å². The van der Waals surface area contributed by atoms with Gasteiger partial charge in [-0.1, -0.05) is 42.5 Å². The van der Waals surface area contributed by atoms with Gasteiger partial charge in [-0.25, -0.2) is 0 Å². The van der Waals surface area contributed by atoms with Crippen LogP contribution in [0.2, 0.25) is 0 Å². The van der Waals surface area contributed by atoms with Gasteiger partial charge in [0, 0.05) is 10.9 Å². The summed E-state index contributed by atoms with van der Waals surface area (Å²) in [6.45, 7) is 3.76. The van der Waals surface area contributed by atoms with Crippen molar-refractivity contribution < 1.29 is 9.09 Å². The van der Waals surface area contributed by atoms with Crippen LogP contribution in [0.25, 0.3) is 11.1 Å². The van der Waals surface area contributed by atoms with Crippen molar-refractivity contribution in [1.82, 2.24) is 0 Å². The van der Waals surface area contributed by atoms with Crippen LogP contribution in [0.1, 0.15) is 13.8 Å². The van der Waals surface area contributed by atoms with E-state index < -0.39 is 7.37 Å². The Morgan fingerprint density at radius 2 is 1.68 bits per heavy atom. The molecule has 0 radical (unpaired) electrons. The highest BCUT2D eigenvalue weighted by molar-refractivity contribution is 7.71. The fraction of sp³-hybridized carbons (Fsp3) is 0.125. The van der Waals surface area contributed by atoms with Crippen LogP contribution >= 0.6 is 7.37 Å². The Morgan fingerprint density at radius 1 is 1.05 bits per heavy atom. The lowest BCUT2D eigenvalue weighted by atomic mass is 10.0. The SMILES string of the molecule is C/C=C(\C)P1(=O)Oc2ccccc2-c2ccccc21. The molecule has 0 saturated carbocycles. The quantitative estimate of drug-likeness (QED) is 0.709. The number of fused-ring (bicyclic) bond motifs is 3. The lowest BCUT2D eigenvalue weighted by molar-refractivity contribution is 0.498. The molecule has 0 aromatic heterocycles. The Labute approximate surface area is 113 Å². The third-order valence-corrected chi connectivity index (χ3v) is 6.17. The minimum atomic E-state index is -2.97. The van der Waals surface area contributed by atoms with Crippen molar-refractivity contribution in [2.45, 2.75) is 13.8 Å². The number of rotatable bonds is 1. The lowest BCUT2D eigenvalue weighted by Crippen LogP contribution is -2.18. The van der Waals surface area contributed by atoms with Gasteiger partial charge in [-0.05, 0) is 31.5 Å². The van der Waals surface area contributed by atoms with Gasteiger partial charge in [0.2, 0.25) is 0 Å². The van der Waals surface area contributed by atoms with Crippen LogP contribution in [0.4, 0.5) is 0 Å². The third kappa shape index (κ3) is 1.75. The zero-order valence-corrected chi connectivity index (χ0v) is 11.9. The maximum atomic E-state index is 13.3. The van der Waals surface area contributed by atoms with Gasteiger partial charge >= 0.3 is 7.37 Å². The van der Waals surface area contributed by atoms with Gasteiger partial charge in [0.25, 0.3) is 0 Å².